The molecule has 3 aromatic rings. The van der Waals surface area contributed by atoms with Crippen LogP contribution >= 0.6 is 0 Å². The molecule has 0 atom stereocenters. The van der Waals surface area contributed by atoms with Crippen molar-refractivity contribution >= 4 is 28.7 Å². The van der Waals surface area contributed by atoms with Crippen LogP contribution in [0.4, 0.5) is 0 Å². The summed E-state index contributed by atoms with van der Waals surface area (Å²) in [6, 6.07) is 13.7. The molecule has 0 spiro atoms. The summed E-state index contributed by atoms with van der Waals surface area (Å²) in [6.07, 6.45) is 0. The van der Waals surface area contributed by atoms with E-state index in [0.717, 1.165) is 5.39 Å². The summed E-state index contributed by atoms with van der Waals surface area (Å²) in [5, 5.41) is 1.27. The maximum absolute atomic E-state index is 12.9. The fourth-order valence-corrected chi connectivity index (χ4v) is 3.33. The molecule has 0 unspecified atom stereocenters. The van der Waals surface area contributed by atoms with Crippen LogP contribution < -0.4 is 0 Å². The number of fused-ring (bicyclic) bond motifs is 2. The number of benzene rings is 2. The summed E-state index contributed by atoms with van der Waals surface area (Å²) in [7, 11) is 1.49. The Morgan fingerprint density at radius 1 is 1.00 bits per heavy atom. The zero-order valence-electron chi connectivity index (χ0n) is 15.3. The predicted molar refractivity (Wildman–Crippen MR) is 99.6 cm³/mol. The fourth-order valence-electron chi connectivity index (χ4n) is 3.33. The number of nitrogens with zero attached hydrogens (tertiary/aromatic N) is 2. The van der Waals surface area contributed by atoms with E-state index in [2.05, 4.69) is 4.98 Å². The number of hydrogen-bond donors (Lipinski definition) is 0. The van der Waals surface area contributed by atoms with E-state index >= 15 is 0 Å². The first-order chi connectivity index (χ1) is 13.5. The fraction of sp³-hybridized carbons (Fsp3) is 0.143. The van der Waals surface area contributed by atoms with Gasteiger partial charge < -0.3 is 9.57 Å². The molecule has 0 radical (unpaired) electrons. The van der Waals surface area contributed by atoms with E-state index < -0.39 is 17.8 Å². The SMILES string of the molecule is COCc1nc2ccccc2c(C)c1C(=O)ON1C(=O)c2ccccc2C1=O. The zero-order valence-corrected chi connectivity index (χ0v) is 15.3. The highest BCUT2D eigenvalue weighted by atomic mass is 16.7. The first-order valence-electron chi connectivity index (χ1n) is 8.60. The van der Waals surface area contributed by atoms with Crippen LogP contribution in [0.3, 0.4) is 0 Å². The second-order valence-electron chi connectivity index (χ2n) is 6.34. The lowest BCUT2D eigenvalue weighted by Crippen LogP contribution is -2.33. The van der Waals surface area contributed by atoms with Crippen LogP contribution in [0.2, 0.25) is 0 Å². The molecule has 0 aliphatic carbocycles. The lowest BCUT2D eigenvalue weighted by Gasteiger charge is -2.16. The number of methoxy groups -OCH3 is 1. The molecular formula is C21H16N2O5. The third-order valence-electron chi connectivity index (χ3n) is 4.64. The highest BCUT2D eigenvalue weighted by molar-refractivity contribution is 6.21. The second kappa shape index (κ2) is 6.86. The minimum absolute atomic E-state index is 0.0816. The number of hydroxylamine groups is 2. The van der Waals surface area contributed by atoms with Gasteiger partial charge in [0.2, 0.25) is 0 Å². The Morgan fingerprint density at radius 3 is 2.25 bits per heavy atom. The van der Waals surface area contributed by atoms with Crippen LogP contribution in [0.15, 0.2) is 48.5 Å². The van der Waals surface area contributed by atoms with Gasteiger partial charge in [0.05, 0.1) is 34.5 Å². The van der Waals surface area contributed by atoms with E-state index in [1.54, 1.807) is 19.1 Å². The van der Waals surface area contributed by atoms with Crippen molar-refractivity contribution < 1.29 is 24.0 Å². The minimum Gasteiger partial charge on any atom is -0.378 e. The normalized spacial score (nSPS) is 13.1. The van der Waals surface area contributed by atoms with Crippen molar-refractivity contribution in [3.8, 4) is 0 Å². The minimum atomic E-state index is -0.836. The first-order valence-corrected chi connectivity index (χ1v) is 8.60. The van der Waals surface area contributed by atoms with Crippen molar-refractivity contribution in [3.05, 3.63) is 76.5 Å². The van der Waals surface area contributed by atoms with E-state index in [1.165, 1.54) is 19.2 Å². The van der Waals surface area contributed by atoms with E-state index in [0.29, 0.717) is 21.8 Å². The molecule has 1 aromatic heterocycles. The average Bonchev–Trinajstić information content (AvgIpc) is 2.93. The smallest absolute Gasteiger partial charge is 0.366 e. The highest BCUT2D eigenvalue weighted by Crippen LogP contribution is 2.27. The Kier molecular flexibility index (Phi) is 4.37. The number of hydrogen-bond acceptors (Lipinski definition) is 6. The molecule has 2 aromatic carbocycles. The molecule has 0 saturated carbocycles. The van der Waals surface area contributed by atoms with Gasteiger partial charge in [0.25, 0.3) is 11.8 Å². The summed E-state index contributed by atoms with van der Waals surface area (Å²) in [4.78, 5) is 47.6. The molecule has 0 saturated heterocycles. The van der Waals surface area contributed by atoms with Crippen LogP contribution in [0, 0.1) is 6.92 Å². The molecule has 28 heavy (non-hydrogen) atoms. The standard InChI is InChI=1S/C21H16N2O5/c1-12-13-7-5-6-10-16(13)22-17(11-27-2)18(12)21(26)28-23-19(24)14-8-3-4-9-15(14)20(23)25/h3-10H,11H2,1-2H3. The number of para-hydroxylation sites is 1. The van der Waals surface area contributed by atoms with Crippen molar-refractivity contribution in [1.82, 2.24) is 10.0 Å². The molecule has 0 fully saturated rings. The maximum Gasteiger partial charge on any atom is 0.366 e. The number of carbonyl (C=O) groups excluding carboxylic acids is 3. The maximum atomic E-state index is 12.9. The molecule has 0 bridgehead atoms. The summed E-state index contributed by atoms with van der Waals surface area (Å²) in [5.74, 6) is -2.18. The van der Waals surface area contributed by atoms with E-state index in [4.69, 9.17) is 9.57 Å². The summed E-state index contributed by atoms with van der Waals surface area (Å²) < 4.78 is 5.17. The van der Waals surface area contributed by atoms with Gasteiger partial charge in [-0.3, -0.25) is 9.59 Å². The number of ether oxygens (including phenoxy) is 1. The van der Waals surface area contributed by atoms with Crippen molar-refractivity contribution in [2.45, 2.75) is 13.5 Å². The Labute approximate surface area is 160 Å². The second-order valence-corrected chi connectivity index (χ2v) is 6.34. The number of amides is 2. The quantitative estimate of drug-likeness (QED) is 0.651. The Balaban J connectivity index is 1.74. The molecule has 140 valence electrons. The van der Waals surface area contributed by atoms with Gasteiger partial charge in [-0.25, -0.2) is 9.78 Å². The Bertz CT molecular complexity index is 1100. The van der Waals surface area contributed by atoms with Gasteiger partial charge in [-0.2, -0.15) is 0 Å². The largest absolute Gasteiger partial charge is 0.378 e. The lowest BCUT2D eigenvalue weighted by atomic mass is 10.0. The van der Waals surface area contributed by atoms with Crippen molar-refractivity contribution in [2.75, 3.05) is 7.11 Å². The van der Waals surface area contributed by atoms with Crippen molar-refractivity contribution in [2.24, 2.45) is 0 Å². The molecule has 7 nitrogen and oxygen atoms in total. The van der Waals surface area contributed by atoms with E-state index in [-0.39, 0.29) is 23.3 Å². The van der Waals surface area contributed by atoms with Gasteiger partial charge in [-0.05, 0) is 30.7 Å². The van der Waals surface area contributed by atoms with Crippen molar-refractivity contribution in [1.29, 1.82) is 0 Å². The Morgan fingerprint density at radius 2 is 1.61 bits per heavy atom. The number of pyridine rings is 1. The number of aromatic nitrogens is 1. The highest BCUT2D eigenvalue weighted by Gasteiger charge is 2.39. The number of rotatable bonds is 4. The third kappa shape index (κ3) is 2.73. The van der Waals surface area contributed by atoms with Gasteiger partial charge >= 0.3 is 5.97 Å². The topological polar surface area (TPSA) is 85.8 Å². The van der Waals surface area contributed by atoms with Crippen LogP contribution in [0.1, 0.15) is 42.3 Å². The lowest BCUT2D eigenvalue weighted by molar-refractivity contribution is -0.0587. The predicted octanol–water partition coefficient (Wildman–Crippen LogP) is 3.06. The molecule has 0 N–H and O–H groups in total. The van der Waals surface area contributed by atoms with Crippen LogP contribution in [0.5, 0.6) is 0 Å². The van der Waals surface area contributed by atoms with Gasteiger partial charge in [-0.1, -0.05) is 35.4 Å². The van der Waals surface area contributed by atoms with E-state index in [1.807, 2.05) is 24.3 Å². The number of imide groups is 1. The third-order valence-corrected chi connectivity index (χ3v) is 4.64. The summed E-state index contributed by atoms with van der Waals surface area (Å²) in [5.41, 5.74) is 2.30. The molecule has 7 heteroatoms. The number of carbonyl (C=O) groups is 3. The van der Waals surface area contributed by atoms with Gasteiger partial charge in [-0.15, -0.1) is 0 Å². The average molecular weight is 376 g/mol. The molecule has 2 heterocycles. The van der Waals surface area contributed by atoms with Gasteiger partial charge in [0.1, 0.15) is 0 Å². The first kappa shape index (κ1) is 17.8. The van der Waals surface area contributed by atoms with Crippen molar-refractivity contribution in [3.63, 3.8) is 0 Å². The van der Waals surface area contributed by atoms with Crippen LogP contribution in [0.25, 0.3) is 10.9 Å². The van der Waals surface area contributed by atoms with E-state index in [9.17, 15) is 14.4 Å². The number of aryl methyl sites for hydroxylation is 1. The van der Waals surface area contributed by atoms with Crippen LogP contribution in [-0.4, -0.2) is 34.9 Å². The summed E-state index contributed by atoms with van der Waals surface area (Å²) in [6.45, 7) is 1.85. The Hall–Kier alpha value is -3.58. The molecule has 2 amide bonds. The summed E-state index contributed by atoms with van der Waals surface area (Å²) >= 11 is 0. The molecule has 4 rings (SSSR count). The van der Waals surface area contributed by atoms with Gasteiger partial charge in [0, 0.05) is 12.5 Å². The monoisotopic (exact) mass is 376 g/mol. The van der Waals surface area contributed by atoms with Crippen LogP contribution in [-0.2, 0) is 16.2 Å². The molecule has 1 aliphatic rings. The molecule has 1 aliphatic heterocycles. The molecular weight excluding hydrogens is 360 g/mol. The zero-order chi connectivity index (χ0) is 19.8. The van der Waals surface area contributed by atoms with Gasteiger partial charge in [0.15, 0.2) is 0 Å².